The number of aliphatic hydroxyl groups is 4. The first-order valence-electron chi connectivity index (χ1n) is 9.87. The van der Waals surface area contributed by atoms with E-state index in [0.29, 0.717) is 0 Å². The van der Waals surface area contributed by atoms with Crippen molar-refractivity contribution in [3.8, 4) is 0 Å². The fraction of sp³-hybridized carbons (Fsp3) is 0.889. The van der Waals surface area contributed by atoms with Gasteiger partial charge in [-0.15, -0.1) is 0 Å². The van der Waals surface area contributed by atoms with Crippen molar-refractivity contribution in [1.29, 1.82) is 0 Å². The van der Waals surface area contributed by atoms with Gasteiger partial charge in [0.25, 0.3) is 0 Å². The Bertz CT molecular complexity index is 616. The van der Waals surface area contributed by atoms with Crippen molar-refractivity contribution in [1.82, 2.24) is 0 Å². The van der Waals surface area contributed by atoms with Gasteiger partial charge in [-0.3, -0.25) is 0 Å². The highest BCUT2D eigenvalue weighted by Gasteiger charge is 2.50. The third-order valence-electron chi connectivity index (χ3n) is 5.24. The molecule has 0 aromatic rings. The first-order chi connectivity index (χ1) is 15.1. The van der Waals surface area contributed by atoms with Gasteiger partial charge in [-0.1, -0.05) is 6.92 Å². The summed E-state index contributed by atoms with van der Waals surface area (Å²) >= 11 is 0. The highest BCUT2D eigenvalue weighted by atomic mass is 16.7. The van der Waals surface area contributed by atoms with Crippen LogP contribution in [0.3, 0.4) is 0 Å². The Morgan fingerprint density at radius 1 is 0.781 bits per heavy atom. The number of carboxylic acid groups (broad SMARTS) is 2. The number of carbonyl (C=O) groups is 2. The predicted molar refractivity (Wildman–Crippen MR) is 99.3 cm³/mol. The van der Waals surface area contributed by atoms with Gasteiger partial charge in [-0.05, 0) is 0 Å². The first-order valence-corrected chi connectivity index (χ1v) is 9.87. The second-order valence-corrected chi connectivity index (χ2v) is 7.56. The van der Waals surface area contributed by atoms with Gasteiger partial charge >= 0.3 is 11.9 Å². The molecular formula is C18H30O14. The molecule has 10 atom stereocenters. The molecule has 14 nitrogen and oxygen atoms in total. The van der Waals surface area contributed by atoms with E-state index in [4.69, 9.17) is 38.6 Å². The normalized spacial score (nSPS) is 40.2. The molecule has 0 aromatic heterocycles. The number of rotatable bonds is 11. The molecule has 0 aliphatic carbocycles. The lowest BCUT2D eigenvalue weighted by molar-refractivity contribution is -0.354. The van der Waals surface area contributed by atoms with Gasteiger partial charge < -0.3 is 59.1 Å². The van der Waals surface area contributed by atoms with Crippen molar-refractivity contribution in [3.63, 3.8) is 0 Å². The Morgan fingerprint density at radius 2 is 1.28 bits per heavy atom. The Balaban J connectivity index is 2.12. The summed E-state index contributed by atoms with van der Waals surface area (Å²) in [5.41, 5.74) is 0. The predicted octanol–water partition coefficient (Wildman–Crippen LogP) is -3.25. The molecule has 32 heavy (non-hydrogen) atoms. The number of methoxy groups -OCH3 is 1. The maximum atomic E-state index is 10.7. The van der Waals surface area contributed by atoms with Crippen LogP contribution in [0.4, 0.5) is 0 Å². The average Bonchev–Trinajstić information content (AvgIpc) is 2.73. The molecule has 10 unspecified atom stereocenters. The van der Waals surface area contributed by atoms with E-state index in [9.17, 15) is 30.0 Å². The lowest BCUT2D eigenvalue weighted by Gasteiger charge is -2.46. The Hall–Kier alpha value is -1.46. The van der Waals surface area contributed by atoms with E-state index in [-0.39, 0.29) is 13.2 Å². The average molecular weight is 470 g/mol. The molecule has 2 fully saturated rings. The van der Waals surface area contributed by atoms with E-state index < -0.39 is 86.4 Å². The summed E-state index contributed by atoms with van der Waals surface area (Å²) in [5, 5.41) is 58.9. The number of hydrogen-bond donors (Lipinski definition) is 6. The van der Waals surface area contributed by atoms with Gasteiger partial charge in [0.1, 0.15) is 43.7 Å². The number of hydrogen-bond acceptors (Lipinski definition) is 12. The van der Waals surface area contributed by atoms with Crippen LogP contribution in [-0.2, 0) is 38.0 Å². The molecule has 2 heterocycles. The summed E-state index contributed by atoms with van der Waals surface area (Å²) < 4.78 is 31.7. The van der Waals surface area contributed by atoms with Crippen LogP contribution in [0.15, 0.2) is 0 Å². The van der Waals surface area contributed by atoms with Crippen molar-refractivity contribution >= 4 is 11.9 Å². The van der Waals surface area contributed by atoms with Crippen LogP contribution >= 0.6 is 0 Å². The lowest BCUT2D eigenvalue weighted by atomic mass is 9.90. The van der Waals surface area contributed by atoms with E-state index >= 15 is 0 Å². The molecule has 0 radical (unpaired) electrons. The molecule has 2 aliphatic rings. The Labute approximate surface area is 183 Å². The highest BCUT2D eigenvalue weighted by Crippen LogP contribution is 2.31. The minimum absolute atomic E-state index is 0.222. The Kier molecular flexibility index (Phi) is 10.2. The van der Waals surface area contributed by atoms with Crippen LogP contribution in [0, 0.1) is 5.92 Å². The van der Waals surface area contributed by atoms with Gasteiger partial charge in [0.15, 0.2) is 12.6 Å². The minimum Gasteiger partial charge on any atom is -0.480 e. The van der Waals surface area contributed by atoms with Crippen LogP contribution in [0.1, 0.15) is 6.92 Å². The van der Waals surface area contributed by atoms with Crippen molar-refractivity contribution in [3.05, 3.63) is 0 Å². The van der Waals surface area contributed by atoms with Crippen LogP contribution in [0.5, 0.6) is 0 Å². The van der Waals surface area contributed by atoms with Crippen molar-refractivity contribution < 1.29 is 68.6 Å². The molecule has 14 heteroatoms. The fourth-order valence-corrected chi connectivity index (χ4v) is 3.45. The maximum Gasteiger partial charge on any atom is 0.329 e. The Morgan fingerprint density at radius 3 is 1.81 bits per heavy atom. The number of aliphatic hydroxyl groups excluding tert-OH is 4. The molecular weight excluding hydrogens is 440 g/mol. The highest BCUT2D eigenvalue weighted by molar-refractivity contribution is 5.68. The molecule has 2 saturated heterocycles. The van der Waals surface area contributed by atoms with Crippen molar-refractivity contribution in [2.45, 2.75) is 62.2 Å². The second kappa shape index (κ2) is 12.1. The van der Waals surface area contributed by atoms with Gasteiger partial charge in [-0.25, -0.2) is 9.59 Å². The van der Waals surface area contributed by atoms with Gasteiger partial charge in [-0.2, -0.15) is 0 Å². The topological polar surface area (TPSA) is 211 Å². The molecule has 186 valence electrons. The second-order valence-electron chi connectivity index (χ2n) is 7.56. The van der Waals surface area contributed by atoms with E-state index in [1.54, 1.807) is 6.92 Å². The van der Waals surface area contributed by atoms with Crippen LogP contribution in [0.25, 0.3) is 0 Å². The molecule has 2 aliphatic heterocycles. The number of ether oxygens (including phenoxy) is 6. The summed E-state index contributed by atoms with van der Waals surface area (Å²) in [6.07, 6.45) is -12.2. The molecule has 6 N–H and O–H groups in total. The lowest BCUT2D eigenvalue weighted by Crippen LogP contribution is -2.63. The molecule has 0 spiro atoms. The smallest absolute Gasteiger partial charge is 0.329 e. The number of carboxylic acids is 2. The molecule has 0 bridgehead atoms. The summed E-state index contributed by atoms with van der Waals surface area (Å²) in [7, 11) is 1.23. The third kappa shape index (κ3) is 6.77. The van der Waals surface area contributed by atoms with Gasteiger partial charge in [0, 0.05) is 13.0 Å². The zero-order valence-electron chi connectivity index (χ0n) is 17.6. The standard InChI is InChI=1S/C18H30O14/c1-7-8(3-28-5-10(19)20)30-18(14(25)12(7)23)32-16-9(4-29-6-11(21)22)31-17(27-2)15(26)13(16)24/h7-9,12-18,23-26H,3-6H2,1-2H3,(H,19,20)(H,21,22). The zero-order chi connectivity index (χ0) is 24.0. The van der Waals surface area contributed by atoms with Gasteiger partial charge in [0.05, 0.1) is 25.4 Å². The summed E-state index contributed by atoms with van der Waals surface area (Å²) in [4.78, 5) is 21.4. The van der Waals surface area contributed by atoms with E-state index in [1.165, 1.54) is 7.11 Å². The third-order valence-corrected chi connectivity index (χ3v) is 5.24. The number of aliphatic carboxylic acids is 2. The molecule has 2 rings (SSSR count). The SMILES string of the molecule is COC1OC(COCC(=O)O)C(OC2OC(COCC(=O)O)C(C)C(O)C2O)C(O)C1O. The zero-order valence-corrected chi connectivity index (χ0v) is 17.6. The molecule has 0 aromatic carbocycles. The van der Waals surface area contributed by atoms with Crippen molar-refractivity contribution in [2.24, 2.45) is 5.92 Å². The van der Waals surface area contributed by atoms with Crippen LogP contribution in [-0.4, -0.2) is 131 Å². The van der Waals surface area contributed by atoms with E-state index in [1.807, 2.05) is 0 Å². The first kappa shape index (κ1) is 26.8. The largest absolute Gasteiger partial charge is 0.480 e. The summed E-state index contributed by atoms with van der Waals surface area (Å²) in [6, 6.07) is 0. The van der Waals surface area contributed by atoms with Gasteiger partial charge in [0.2, 0.25) is 0 Å². The molecule has 0 saturated carbocycles. The van der Waals surface area contributed by atoms with E-state index in [0.717, 1.165) is 0 Å². The monoisotopic (exact) mass is 470 g/mol. The summed E-state index contributed by atoms with van der Waals surface area (Å²) in [6.45, 7) is -0.287. The van der Waals surface area contributed by atoms with Crippen LogP contribution in [0.2, 0.25) is 0 Å². The molecule has 0 amide bonds. The van der Waals surface area contributed by atoms with Crippen LogP contribution < -0.4 is 0 Å². The maximum absolute atomic E-state index is 10.7. The van der Waals surface area contributed by atoms with E-state index in [2.05, 4.69) is 0 Å². The van der Waals surface area contributed by atoms with Crippen molar-refractivity contribution in [2.75, 3.05) is 33.5 Å². The minimum atomic E-state index is -1.61. The summed E-state index contributed by atoms with van der Waals surface area (Å²) in [5.74, 6) is -3.09. The quantitative estimate of drug-likeness (QED) is 0.175. The fourth-order valence-electron chi connectivity index (χ4n) is 3.45.